The number of nitrogens with zero attached hydrogens (tertiary/aromatic N) is 2. The van der Waals surface area contributed by atoms with Gasteiger partial charge in [-0.25, -0.2) is 4.68 Å². The fourth-order valence-electron chi connectivity index (χ4n) is 2.39. The molecule has 0 radical (unpaired) electrons. The number of rotatable bonds is 6. The molecule has 0 saturated carbocycles. The van der Waals surface area contributed by atoms with E-state index in [4.69, 9.17) is 10.5 Å². The lowest BCUT2D eigenvalue weighted by Gasteiger charge is -2.15. The van der Waals surface area contributed by atoms with E-state index >= 15 is 0 Å². The minimum atomic E-state index is -0.450. The average molecular weight is 301 g/mol. The van der Waals surface area contributed by atoms with Gasteiger partial charge in [0, 0.05) is 12.7 Å². The Morgan fingerprint density at radius 1 is 1.32 bits per heavy atom. The summed E-state index contributed by atoms with van der Waals surface area (Å²) in [5, 5.41) is 4.24. The quantitative estimate of drug-likeness (QED) is 0.883. The van der Waals surface area contributed by atoms with Crippen molar-refractivity contribution in [2.24, 2.45) is 5.73 Å². The highest BCUT2D eigenvalue weighted by atomic mass is 16.5. The molecule has 1 atom stereocenters. The van der Waals surface area contributed by atoms with Gasteiger partial charge in [-0.1, -0.05) is 31.2 Å². The zero-order valence-electron chi connectivity index (χ0n) is 13.4. The molecule has 0 amide bonds. The molecule has 2 N–H and O–H groups in total. The van der Waals surface area contributed by atoms with Gasteiger partial charge in [-0.05, 0) is 30.5 Å². The monoisotopic (exact) mass is 301 g/mol. The van der Waals surface area contributed by atoms with Gasteiger partial charge in [0.1, 0.15) is 0 Å². The van der Waals surface area contributed by atoms with E-state index in [9.17, 15) is 4.79 Å². The smallest absolute Gasteiger partial charge is 0.271 e. The number of hydrogen-bond acceptors (Lipinski definition) is 4. The predicted octanol–water partition coefficient (Wildman–Crippen LogP) is 1.81. The molecule has 1 heterocycles. The molecule has 1 aromatic heterocycles. The van der Waals surface area contributed by atoms with E-state index in [1.807, 2.05) is 31.2 Å². The Bertz CT molecular complexity index is 677. The van der Waals surface area contributed by atoms with E-state index in [0.717, 1.165) is 17.7 Å². The summed E-state index contributed by atoms with van der Waals surface area (Å²) in [4.78, 5) is 12.5. The second-order valence-electron chi connectivity index (χ2n) is 5.33. The Hall–Kier alpha value is -1.98. The van der Waals surface area contributed by atoms with Crippen molar-refractivity contribution >= 4 is 0 Å². The average Bonchev–Trinajstić information content (AvgIpc) is 2.54. The second-order valence-corrected chi connectivity index (χ2v) is 5.33. The SMILES string of the molecule is CCc1ccc(C(N)c2cc(C)nn(CCOC)c2=O)cc1. The van der Waals surface area contributed by atoms with Crippen LogP contribution < -0.4 is 11.3 Å². The molecule has 0 saturated heterocycles. The van der Waals surface area contributed by atoms with Gasteiger partial charge in [-0.15, -0.1) is 0 Å². The number of aryl methyl sites for hydroxylation is 2. The number of hydrogen-bond donors (Lipinski definition) is 1. The third-order valence-electron chi connectivity index (χ3n) is 3.71. The molecule has 0 fully saturated rings. The van der Waals surface area contributed by atoms with Crippen LogP contribution in [0.25, 0.3) is 0 Å². The van der Waals surface area contributed by atoms with Crippen LogP contribution >= 0.6 is 0 Å². The van der Waals surface area contributed by atoms with E-state index in [2.05, 4.69) is 12.0 Å². The lowest BCUT2D eigenvalue weighted by Crippen LogP contribution is -2.32. The van der Waals surface area contributed by atoms with Gasteiger partial charge >= 0.3 is 0 Å². The van der Waals surface area contributed by atoms with Gasteiger partial charge in [0.15, 0.2) is 0 Å². The van der Waals surface area contributed by atoms with Crippen LogP contribution in [0, 0.1) is 6.92 Å². The summed E-state index contributed by atoms with van der Waals surface area (Å²) in [5.74, 6) is 0. The van der Waals surface area contributed by atoms with E-state index in [0.29, 0.717) is 18.7 Å². The van der Waals surface area contributed by atoms with Crippen LogP contribution in [0.4, 0.5) is 0 Å². The zero-order valence-corrected chi connectivity index (χ0v) is 13.4. The summed E-state index contributed by atoms with van der Waals surface area (Å²) in [6, 6.07) is 9.38. The highest BCUT2D eigenvalue weighted by Gasteiger charge is 2.16. The van der Waals surface area contributed by atoms with Gasteiger partial charge < -0.3 is 10.5 Å². The molecule has 5 nitrogen and oxygen atoms in total. The van der Waals surface area contributed by atoms with Crippen molar-refractivity contribution in [3.63, 3.8) is 0 Å². The van der Waals surface area contributed by atoms with Crippen molar-refractivity contribution < 1.29 is 4.74 Å². The molecule has 1 unspecified atom stereocenters. The maximum absolute atomic E-state index is 12.5. The summed E-state index contributed by atoms with van der Waals surface area (Å²) in [7, 11) is 1.60. The van der Waals surface area contributed by atoms with E-state index in [1.54, 1.807) is 13.2 Å². The molecular formula is C17H23N3O2. The normalized spacial score (nSPS) is 12.4. The Labute approximate surface area is 130 Å². The molecule has 22 heavy (non-hydrogen) atoms. The van der Waals surface area contributed by atoms with Crippen molar-refractivity contribution in [2.75, 3.05) is 13.7 Å². The van der Waals surface area contributed by atoms with Crippen molar-refractivity contribution in [1.82, 2.24) is 9.78 Å². The third-order valence-corrected chi connectivity index (χ3v) is 3.71. The van der Waals surface area contributed by atoms with Gasteiger partial charge in [0.05, 0.1) is 24.9 Å². The van der Waals surface area contributed by atoms with Crippen molar-refractivity contribution in [3.8, 4) is 0 Å². The van der Waals surface area contributed by atoms with Crippen LogP contribution in [0.15, 0.2) is 35.1 Å². The standard InChI is InChI=1S/C17H23N3O2/c1-4-13-5-7-14(8-6-13)16(18)15-11-12(2)19-20(17(15)21)9-10-22-3/h5-8,11,16H,4,9-10,18H2,1-3H3. The van der Waals surface area contributed by atoms with Crippen molar-refractivity contribution in [1.29, 1.82) is 0 Å². The van der Waals surface area contributed by atoms with Crippen molar-refractivity contribution in [3.05, 3.63) is 63.1 Å². The first kappa shape index (κ1) is 16.4. The van der Waals surface area contributed by atoms with E-state index < -0.39 is 6.04 Å². The molecule has 2 aromatic rings. The first-order valence-corrected chi connectivity index (χ1v) is 7.48. The molecule has 118 valence electrons. The Kier molecular flexibility index (Phi) is 5.46. The summed E-state index contributed by atoms with van der Waals surface area (Å²) in [5.41, 5.74) is 9.66. The molecule has 5 heteroatoms. The van der Waals surface area contributed by atoms with E-state index in [1.165, 1.54) is 10.2 Å². The maximum Gasteiger partial charge on any atom is 0.271 e. The first-order valence-electron chi connectivity index (χ1n) is 7.48. The number of nitrogens with two attached hydrogens (primary N) is 1. The Morgan fingerprint density at radius 3 is 2.59 bits per heavy atom. The zero-order chi connectivity index (χ0) is 16.1. The Morgan fingerprint density at radius 2 is 2.00 bits per heavy atom. The fraction of sp³-hybridized carbons (Fsp3) is 0.412. The second kappa shape index (κ2) is 7.33. The van der Waals surface area contributed by atoms with Crippen LogP contribution in [0.1, 0.15) is 35.3 Å². The summed E-state index contributed by atoms with van der Waals surface area (Å²) >= 11 is 0. The van der Waals surface area contributed by atoms with Crippen LogP contribution in [0.3, 0.4) is 0 Å². The summed E-state index contributed by atoms with van der Waals surface area (Å²) in [6.07, 6.45) is 0.980. The minimum absolute atomic E-state index is 0.158. The van der Waals surface area contributed by atoms with E-state index in [-0.39, 0.29) is 5.56 Å². The molecule has 1 aromatic carbocycles. The number of benzene rings is 1. The van der Waals surface area contributed by atoms with Crippen LogP contribution in [0.5, 0.6) is 0 Å². The molecule has 0 aliphatic carbocycles. The number of aromatic nitrogens is 2. The largest absolute Gasteiger partial charge is 0.383 e. The molecule has 0 aliphatic rings. The predicted molar refractivity (Wildman–Crippen MR) is 87.0 cm³/mol. The minimum Gasteiger partial charge on any atom is -0.383 e. The van der Waals surface area contributed by atoms with Gasteiger partial charge in [-0.2, -0.15) is 5.10 Å². The summed E-state index contributed by atoms with van der Waals surface area (Å²) in [6.45, 7) is 4.83. The topological polar surface area (TPSA) is 70.1 Å². The molecule has 0 spiro atoms. The fourth-order valence-corrected chi connectivity index (χ4v) is 2.39. The van der Waals surface area contributed by atoms with Gasteiger partial charge in [0.25, 0.3) is 5.56 Å². The van der Waals surface area contributed by atoms with Crippen LogP contribution in [0.2, 0.25) is 0 Å². The highest BCUT2D eigenvalue weighted by molar-refractivity contribution is 5.32. The maximum atomic E-state index is 12.5. The summed E-state index contributed by atoms with van der Waals surface area (Å²) < 4.78 is 6.45. The van der Waals surface area contributed by atoms with Crippen LogP contribution in [-0.2, 0) is 17.7 Å². The lowest BCUT2D eigenvalue weighted by atomic mass is 9.99. The molecular weight excluding hydrogens is 278 g/mol. The molecule has 0 bridgehead atoms. The van der Waals surface area contributed by atoms with Gasteiger partial charge in [0.2, 0.25) is 0 Å². The van der Waals surface area contributed by atoms with Gasteiger partial charge in [-0.3, -0.25) is 4.79 Å². The molecule has 0 aliphatic heterocycles. The lowest BCUT2D eigenvalue weighted by molar-refractivity contribution is 0.181. The van der Waals surface area contributed by atoms with Crippen LogP contribution in [-0.4, -0.2) is 23.5 Å². The van der Waals surface area contributed by atoms with Crippen molar-refractivity contribution in [2.45, 2.75) is 32.9 Å². The highest BCUT2D eigenvalue weighted by Crippen LogP contribution is 2.18. The number of ether oxygens (including phenoxy) is 1. The third kappa shape index (κ3) is 3.61. The Balaban J connectivity index is 2.37. The number of methoxy groups -OCH3 is 1. The first-order chi connectivity index (χ1) is 10.6. The molecule has 2 rings (SSSR count).